The lowest BCUT2D eigenvalue weighted by atomic mass is 10.2. The Hall–Kier alpha value is -1.33. The first-order valence-corrected chi connectivity index (χ1v) is 5.06. The van der Waals surface area contributed by atoms with E-state index in [2.05, 4.69) is 22.7 Å². The third-order valence-electron chi connectivity index (χ3n) is 2.12. The van der Waals surface area contributed by atoms with E-state index in [-0.39, 0.29) is 6.61 Å². The van der Waals surface area contributed by atoms with Gasteiger partial charge in [-0.3, -0.25) is 0 Å². The van der Waals surface area contributed by atoms with Crippen LogP contribution < -0.4 is 16.6 Å². The van der Waals surface area contributed by atoms with Gasteiger partial charge in [-0.15, -0.1) is 0 Å². The summed E-state index contributed by atoms with van der Waals surface area (Å²) in [6.45, 7) is 2.31. The summed E-state index contributed by atoms with van der Waals surface area (Å²) >= 11 is 0. The van der Waals surface area contributed by atoms with E-state index in [1.165, 1.54) is 0 Å². The molecular formula is C10H18N4O. The van der Waals surface area contributed by atoms with Crippen molar-refractivity contribution in [1.29, 1.82) is 0 Å². The highest BCUT2D eigenvalue weighted by atomic mass is 16.2. The number of nitrogen functional groups attached to an aromatic ring is 1. The summed E-state index contributed by atoms with van der Waals surface area (Å²) in [5.41, 5.74) is 3.47. The number of hydrogen-bond acceptors (Lipinski definition) is 5. The highest BCUT2D eigenvalue weighted by Crippen LogP contribution is 2.13. The standard InChI is InChI=1S/C10H18N4O/c1-8(3-2-6-15)13-9-4-5-12-10(7-9)14-11/h4-5,7-8,15H,2-3,6,11H2,1H3,(H2,12,13,14). The smallest absolute Gasteiger partial charge is 0.141 e. The largest absolute Gasteiger partial charge is 0.396 e. The zero-order valence-corrected chi connectivity index (χ0v) is 8.90. The second kappa shape index (κ2) is 6.21. The molecule has 1 atom stereocenters. The molecular weight excluding hydrogens is 192 g/mol. The number of rotatable bonds is 6. The van der Waals surface area contributed by atoms with Crippen molar-refractivity contribution in [3.05, 3.63) is 18.3 Å². The van der Waals surface area contributed by atoms with Gasteiger partial charge in [0.15, 0.2) is 0 Å². The van der Waals surface area contributed by atoms with Crippen LogP contribution in [-0.4, -0.2) is 22.7 Å². The van der Waals surface area contributed by atoms with Gasteiger partial charge in [-0.2, -0.15) is 0 Å². The molecule has 15 heavy (non-hydrogen) atoms. The third-order valence-corrected chi connectivity index (χ3v) is 2.12. The number of anilines is 2. The van der Waals surface area contributed by atoms with Gasteiger partial charge in [0.1, 0.15) is 5.82 Å². The van der Waals surface area contributed by atoms with Crippen molar-refractivity contribution in [3.63, 3.8) is 0 Å². The van der Waals surface area contributed by atoms with E-state index in [4.69, 9.17) is 10.9 Å². The van der Waals surface area contributed by atoms with Crippen molar-refractivity contribution in [1.82, 2.24) is 4.98 Å². The van der Waals surface area contributed by atoms with Crippen LogP contribution in [-0.2, 0) is 0 Å². The Morgan fingerprint density at radius 1 is 1.60 bits per heavy atom. The molecule has 0 aliphatic heterocycles. The van der Waals surface area contributed by atoms with E-state index in [0.717, 1.165) is 18.5 Å². The fourth-order valence-corrected chi connectivity index (χ4v) is 1.35. The van der Waals surface area contributed by atoms with Gasteiger partial charge in [0.25, 0.3) is 0 Å². The molecule has 0 saturated carbocycles. The molecule has 0 aliphatic rings. The van der Waals surface area contributed by atoms with Crippen LogP contribution in [0.5, 0.6) is 0 Å². The molecule has 0 radical (unpaired) electrons. The molecule has 1 rings (SSSR count). The molecule has 1 aromatic rings. The third kappa shape index (κ3) is 4.14. The second-order valence-corrected chi connectivity index (χ2v) is 3.49. The van der Waals surface area contributed by atoms with E-state index in [1.807, 2.05) is 12.1 Å². The van der Waals surface area contributed by atoms with Crippen molar-refractivity contribution in [2.24, 2.45) is 5.84 Å². The van der Waals surface area contributed by atoms with Gasteiger partial charge in [0.05, 0.1) is 0 Å². The summed E-state index contributed by atoms with van der Waals surface area (Å²) in [5, 5.41) is 12.0. The number of aromatic nitrogens is 1. The summed E-state index contributed by atoms with van der Waals surface area (Å²) in [6.07, 6.45) is 3.43. The highest BCUT2D eigenvalue weighted by Gasteiger charge is 2.02. The summed E-state index contributed by atoms with van der Waals surface area (Å²) < 4.78 is 0. The Morgan fingerprint density at radius 2 is 2.40 bits per heavy atom. The summed E-state index contributed by atoms with van der Waals surface area (Å²) in [4.78, 5) is 4.01. The molecule has 0 aromatic carbocycles. The zero-order valence-electron chi connectivity index (χ0n) is 8.90. The van der Waals surface area contributed by atoms with E-state index in [0.29, 0.717) is 11.9 Å². The Labute approximate surface area is 89.7 Å². The van der Waals surface area contributed by atoms with Gasteiger partial charge in [0.2, 0.25) is 0 Å². The Bertz CT molecular complexity index is 293. The van der Waals surface area contributed by atoms with E-state index >= 15 is 0 Å². The van der Waals surface area contributed by atoms with Crippen LogP contribution in [0, 0.1) is 0 Å². The molecule has 0 spiro atoms. The van der Waals surface area contributed by atoms with Crippen LogP contribution in [0.1, 0.15) is 19.8 Å². The van der Waals surface area contributed by atoms with E-state index < -0.39 is 0 Å². The fourth-order valence-electron chi connectivity index (χ4n) is 1.35. The van der Waals surface area contributed by atoms with Gasteiger partial charge >= 0.3 is 0 Å². The molecule has 5 heteroatoms. The normalized spacial score (nSPS) is 12.2. The minimum atomic E-state index is 0.234. The molecule has 84 valence electrons. The van der Waals surface area contributed by atoms with E-state index in [9.17, 15) is 0 Å². The quantitative estimate of drug-likeness (QED) is 0.415. The predicted molar refractivity (Wildman–Crippen MR) is 61.5 cm³/mol. The first-order valence-electron chi connectivity index (χ1n) is 5.06. The summed E-state index contributed by atoms with van der Waals surface area (Å²) in [6, 6.07) is 4.05. The number of pyridine rings is 1. The first-order chi connectivity index (χ1) is 7.26. The molecule has 1 aromatic heterocycles. The monoisotopic (exact) mass is 210 g/mol. The number of hydrazine groups is 1. The molecule has 0 aliphatic carbocycles. The summed E-state index contributed by atoms with van der Waals surface area (Å²) in [7, 11) is 0. The highest BCUT2D eigenvalue weighted by molar-refractivity contribution is 5.51. The predicted octanol–water partition coefficient (Wildman–Crippen LogP) is 0.940. The van der Waals surface area contributed by atoms with Crippen molar-refractivity contribution < 1.29 is 5.11 Å². The molecule has 5 N–H and O–H groups in total. The second-order valence-electron chi connectivity index (χ2n) is 3.49. The average molecular weight is 210 g/mol. The maximum absolute atomic E-state index is 8.70. The van der Waals surface area contributed by atoms with Crippen molar-refractivity contribution in [3.8, 4) is 0 Å². The average Bonchev–Trinajstić information content (AvgIpc) is 2.26. The van der Waals surface area contributed by atoms with Gasteiger partial charge in [-0.1, -0.05) is 0 Å². The van der Waals surface area contributed by atoms with Gasteiger partial charge in [-0.25, -0.2) is 10.8 Å². The van der Waals surface area contributed by atoms with Crippen LogP contribution in [0.2, 0.25) is 0 Å². The molecule has 1 heterocycles. The van der Waals surface area contributed by atoms with Crippen LogP contribution >= 0.6 is 0 Å². The maximum Gasteiger partial charge on any atom is 0.141 e. The van der Waals surface area contributed by atoms with Crippen LogP contribution in [0.15, 0.2) is 18.3 Å². The molecule has 0 amide bonds. The number of nitrogens with two attached hydrogens (primary N) is 1. The number of nitrogens with one attached hydrogen (secondary N) is 2. The van der Waals surface area contributed by atoms with Crippen molar-refractivity contribution in [2.75, 3.05) is 17.3 Å². The Kier molecular flexibility index (Phi) is 4.86. The Morgan fingerprint density at radius 3 is 3.07 bits per heavy atom. The first kappa shape index (κ1) is 11.7. The number of nitrogens with zero attached hydrogens (tertiary/aromatic N) is 1. The van der Waals surface area contributed by atoms with Crippen LogP contribution in [0.25, 0.3) is 0 Å². The number of aliphatic hydroxyl groups is 1. The minimum absolute atomic E-state index is 0.234. The molecule has 1 unspecified atom stereocenters. The number of aliphatic hydroxyl groups excluding tert-OH is 1. The maximum atomic E-state index is 8.70. The van der Waals surface area contributed by atoms with E-state index in [1.54, 1.807) is 6.20 Å². The minimum Gasteiger partial charge on any atom is -0.396 e. The SMILES string of the molecule is CC(CCCO)Nc1ccnc(NN)c1. The zero-order chi connectivity index (χ0) is 11.1. The summed E-state index contributed by atoms with van der Waals surface area (Å²) in [5.74, 6) is 5.89. The topological polar surface area (TPSA) is 83.2 Å². The van der Waals surface area contributed by atoms with Crippen LogP contribution in [0.4, 0.5) is 11.5 Å². The molecule has 5 nitrogen and oxygen atoms in total. The van der Waals surface area contributed by atoms with Crippen molar-refractivity contribution in [2.45, 2.75) is 25.8 Å². The lowest BCUT2D eigenvalue weighted by Gasteiger charge is -2.14. The molecule has 0 saturated heterocycles. The lowest BCUT2D eigenvalue weighted by molar-refractivity contribution is 0.282. The van der Waals surface area contributed by atoms with Gasteiger partial charge < -0.3 is 15.8 Å². The van der Waals surface area contributed by atoms with Gasteiger partial charge in [0, 0.05) is 30.6 Å². The van der Waals surface area contributed by atoms with Crippen LogP contribution in [0.3, 0.4) is 0 Å². The number of hydrogen-bond donors (Lipinski definition) is 4. The Balaban J connectivity index is 2.48. The fraction of sp³-hybridized carbons (Fsp3) is 0.500. The molecule has 0 fully saturated rings. The van der Waals surface area contributed by atoms with Crippen molar-refractivity contribution >= 4 is 11.5 Å². The van der Waals surface area contributed by atoms with Gasteiger partial charge in [-0.05, 0) is 25.8 Å². The lowest BCUT2D eigenvalue weighted by Crippen LogP contribution is -2.16. The molecule has 0 bridgehead atoms.